The first-order chi connectivity index (χ1) is 4.72. The summed E-state index contributed by atoms with van der Waals surface area (Å²) < 4.78 is 0. The second-order valence-electron chi connectivity index (χ2n) is 2.47. The average molecular weight is 144 g/mol. The van der Waals surface area contributed by atoms with Crippen molar-refractivity contribution in [3.8, 4) is 0 Å². The number of hydrogen-bond donors (Lipinski definition) is 2. The molecule has 0 saturated heterocycles. The van der Waals surface area contributed by atoms with Crippen LogP contribution in [0.5, 0.6) is 0 Å². The van der Waals surface area contributed by atoms with E-state index in [4.69, 9.17) is 11.5 Å². The van der Waals surface area contributed by atoms with Crippen LogP contribution in [-0.2, 0) is 4.79 Å². The molecule has 3 heteroatoms. The molecule has 0 saturated carbocycles. The van der Waals surface area contributed by atoms with Gasteiger partial charge in [-0.25, -0.2) is 0 Å². The Bertz CT molecular complexity index is 104. The highest BCUT2D eigenvalue weighted by molar-refractivity contribution is 5.78. The van der Waals surface area contributed by atoms with Gasteiger partial charge in [-0.2, -0.15) is 0 Å². The first-order valence-electron chi connectivity index (χ1n) is 3.63. The lowest BCUT2D eigenvalue weighted by molar-refractivity contribution is -0.120. The lowest BCUT2D eigenvalue weighted by atomic mass is 10.00. The Morgan fingerprint density at radius 1 is 1.50 bits per heavy atom. The summed E-state index contributed by atoms with van der Waals surface area (Å²) in [4.78, 5) is 10.8. The predicted octanol–water partition coefficient (Wildman–Crippen LogP) is -0.111. The summed E-state index contributed by atoms with van der Waals surface area (Å²) in [5.74, 6) is 0.208. The van der Waals surface area contributed by atoms with Gasteiger partial charge in [-0.15, -0.1) is 0 Å². The van der Waals surface area contributed by atoms with Crippen LogP contribution in [0.25, 0.3) is 0 Å². The van der Waals surface area contributed by atoms with Crippen molar-refractivity contribution in [1.29, 1.82) is 0 Å². The summed E-state index contributed by atoms with van der Waals surface area (Å²) in [5.41, 5.74) is 10.6. The van der Waals surface area contributed by atoms with Gasteiger partial charge in [0.05, 0.1) is 0 Å². The summed E-state index contributed by atoms with van der Waals surface area (Å²) in [6, 6.07) is 0. The van der Waals surface area contributed by atoms with Crippen LogP contribution in [-0.4, -0.2) is 18.9 Å². The Balaban J connectivity index is 3.50. The van der Waals surface area contributed by atoms with Crippen molar-refractivity contribution in [2.75, 3.05) is 13.1 Å². The molecular formula is C7H16N2O. The third kappa shape index (κ3) is 3.58. The van der Waals surface area contributed by atoms with Gasteiger partial charge in [0.25, 0.3) is 0 Å². The Morgan fingerprint density at radius 2 is 2.10 bits per heavy atom. The van der Waals surface area contributed by atoms with Crippen LogP contribution in [0.2, 0.25) is 0 Å². The van der Waals surface area contributed by atoms with Crippen molar-refractivity contribution in [3.63, 3.8) is 0 Å². The van der Waals surface area contributed by atoms with Gasteiger partial charge in [0.2, 0.25) is 0 Å². The summed E-state index contributed by atoms with van der Waals surface area (Å²) in [5, 5.41) is 0. The lowest BCUT2D eigenvalue weighted by Crippen LogP contribution is -2.22. The van der Waals surface area contributed by atoms with Crippen molar-refractivity contribution >= 4 is 5.78 Å². The molecule has 0 bridgehead atoms. The Morgan fingerprint density at radius 3 is 2.40 bits per heavy atom. The zero-order chi connectivity index (χ0) is 7.98. The van der Waals surface area contributed by atoms with Gasteiger partial charge in [-0.05, 0) is 26.3 Å². The maximum Gasteiger partial charge on any atom is 0.134 e. The van der Waals surface area contributed by atoms with E-state index in [1.165, 1.54) is 0 Å². The summed E-state index contributed by atoms with van der Waals surface area (Å²) in [6.07, 6.45) is 1.73. The van der Waals surface area contributed by atoms with Crippen LogP contribution in [0.4, 0.5) is 0 Å². The molecular weight excluding hydrogens is 128 g/mol. The van der Waals surface area contributed by atoms with Crippen molar-refractivity contribution in [2.45, 2.75) is 19.8 Å². The van der Waals surface area contributed by atoms with E-state index in [0.29, 0.717) is 13.1 Å². The van der Waals surface area contributed by atoms with Crippen LogP contribution in [0.3, 0.4) is 0 Å². The van der Waals surface area contributed by atoms with Crippen LogP contribution >= 0.6 is 0 Å². The highest BCUT2D eigenvalue weighted by Crippen LogP contribution is 2.04. The van der Waals surface area contributed by atoms with Gasteiger partial charge in [0.1, 0.15) is 5.78 Å². The smallest absolute Gasteiger partial charge is 0.134 e. The van der Waals surface area contributed by atoms with Crippen LogP contribution in [0.15, 0.2) is 0 Å². The van der Waals surface area contributed by atoms with E-state index in [9.17, 15) is 4.79 Å². The molecule has 0 heterocycles. The summed E-state index contributed by atoms with van der Waals surface area (Å²) >= 11 is 0. The molecule has 0 aromatic carbocycles. The minimum Gasteiger partial charge on any atom is -0.330 e. The maximum absolute atomic E-state index is 10.8. The van der Waals surface area contributed by atoms with Crippen molar-refractivity contribution in [2.24, 2.45) is 17.4 Å². The molecule has 0 aliphatic rings. The monoisotopic (exact) mass is 144 g/mol. The quantitative estimate of drug-likeness (QED) is 0.565. The first-order valence-corrected chi connectivity index (χ1v) is 3.63. The van der Waals surface area contributed by atoms with Gasteiger partial charge < -0.3 is 11.5 Å². The fourth-order valence-corrected chi connectivity index (χ4v) is 0.851. The maximum atomic E-state index is 10.8. The second kappa shape index (κ2) is 5.38. The largest absolute Gasteiger partial charge is 0.330 e. The van der Waals surface area contributed by atoms with Gasteiger partial charge >= 0.3 is 0 Å². The molecule has 0 amide bonds. The molecule has 0 aromatic heterocycles. The van der Waals surface area contributed by atoms with Crippen LogP contribution in [0, 0.1) is 5.92 Å². The number of hydrogen-bond acceptors (Lipinski definition) is 3. The van der Waals surface area contributed by atoms with Gasteiger partial charge in [-0.3, -0.25) is 4.79 Å². The summed E-state index contributed by atoms with van der Waals surface area (Å²) in [7, 11) is 0. The fraction of sp³-hybridized carbons (Fsp3) is 0.857. The third-order valence-electron chi connectivity index (χ3n) is 1.62. The Kier molecular flexibility index (Phi) is 5.16. The standard InChI is InChI=1S/C7H16N2O/c1-6(10)7(5-9)3-2-4-8/h7H,2-5,8-9H2,1H3. The molecule has 3 nitrogen and oxygen atoms in total. The van der Waals surface area contributed by atoms with E-state index in [1.54, 1.807) is 6.92 Å². The molecule has 0 aliphatic carbocycles. The van der Waals surface area contributed by atoms with Gasteiger partial charge in [0, 0.05) is 12.5 Å². The SMILES string of the molecule is CC(=O)C(CN)CCCN. The predicted molar refractivity (Wildman–Crippen MR) is 41.5 cm³/mol. The number of rotatable bonds is 5. The van der Waals surface area contributed by atoms with E-state index in [-0.39, 0.29) is 11.7 Å². The molecule has 0 fully saturated rings. The van der Waals surface area contributed by atoms with E-state index in [0.717, 1.165) is 12.8 Å². The molecule has 10 heavy (non-hydrogen) atoms. The highest BCUT2D eigenvalue weighted by Gasteiger charge is 2.09. The number of ketones is 1. The minimum absolute atomic E-state index is 0.0311. The Hall–Kier alpha value is -0.410. The van der Waals surface area contributed by atoms with Crippen LogP contribution in [0.1, 0.15) is 19.8 Å². The van der Waals surface area contributed by atoms with Crippen molar-refractivity contribution in [1.82, 2.24) is 0 Å². The fourth-order valence-electron chi connectivity index (χ4n) is 0.851. The molecule has 0 spiro atoms. The number of Topliss-reactive ketones (excluding diaryl/α,β-unsaturated/α-hetero) is 1. The molecule has 1 atom stereocenters. The Labute approximate surface area is 61.8 Å². The molecule has 1 unspecified atom stereocenters. The molecule has 60 valence electrons. The number of nitrogens with two attached hydrogens (primary N) is 2. The summed E-state index contributed by atoms with van der Waals surface area (Å²) in [6.45, 7) is 2.67. The number of carbonyl (C=O) groups excluding carboxylic acids is 1. The number of carbonyl (C=O) groups is 1. The molecule has 0 rings (SSSR count). The van der Waals surface area contributed by atoms with Gasteiger partial charge in [-0.1, -0.05) is 0 Å². The molecule has 4 N–H and O–H groups in total. The van der Waals surface area contributed by atoms with Crippen LogP contribution < -0.4 is 11.5 Å². The zero-order valence-electron chi connectivity index (χ0n) is 6.47. The average Bonchev–Trinajstić information content (AvgIpc) is 1.89. The molecule has 0 aliphatic heterocycles. The van der Waals surface area contributed by atoms with E-state index in [2.05, 4.69) is 0 Å². The van der Waals surface area contributed by atoms with Gasteiger partial charge in [0.15, 0.2) is 0 Å². The van der Waals surface area contributed by atoms with Crippen molar-refractivity contribution in [3.05, 3.63) is 0 Å². The van der Waals surface area contributed by atoms with E-state index >= 15 is 0 Å². The lowest BCUT2D eigenvalue weighted by Gasteiger charge is -2.08. The van der Waals surface area contributed by atoms with Crippen molar-refractivity contribution < 1.29 is 4.79 Å². The first kappa shape index (κ1) is 9.59. The van der Waals surface area contributed by atoms with E-state index < -0.39 is 0 Å². The highest BCUT2D eigenvalue weighted by atomic mass is 16.1. The second-order valence-corrected chi connectivity index (χ2v) is 2.47. The molecule has 0 radical (unpaired) electrons. The normalized spacial score (nSPS) is 13.1. The minimum atomic E-state index is 0.0311. The third-order valence-corrected chi connectivity index (χ3v) is 1.62. The zero-order valence-corrected chi connectivity index (χ0v) is 6.47. The molecule has 0 aromatic rings. The topological polar surface area (TPSA) is 69.1 Å². The van der Waals surface area contributed by atoms with E-state index in [1.807, 2.05) is 0 Å².